The van der Waals surface area contributed by atoms with Crippen LogP contribution in [0.4, 0.5) is 5.69 Å². The van der Waals surface area contributed by atoms with Crippen LogP contribution in [0.15, 0.2) is 79.0 Å². The van der Waals surface area contributed by atoms with E-state index in [0.29, 0.717) is 0 Å². The molecule has 0 saturated carbocycles. The summed E-state index contributed by atoms with van der Waals surface area (Å²) in [6.07, 6.45) is 1.85. The highest BCUT2D eigenvalue weighted by Crippen LogP contribution is 2.43. The van der Waals surface area contributed by atoms with Gasteiger partial charge in [0.1, 0.15) is 0 Å². The molecule has 4 aromatic rings. The van der Waals surface area contributed by atoms with Crippen LogP contribution >= 0.6 is 12.2 Å². The summed E-state index contributed by atoms with van der Waals surface area (Å²) in [6, 6.07) is 25.5. The van der Waals surface area contributed by atoms with E-state index in [0.717, 1.165) is 16.5 Å². The molecule has 2 aromatic carbocycles. The fraction of sp³-hybridized carbons (Fsp3) is 0.214. The zero-order valence-electron chi connectivity index (χ0n) is 19.4. The number of pyridine rings is 1. The predicted molar refractivity (Wildman–Crippen MR) is 139 cm³/mol. The lowest BCUT2D eigenvalue weighted by Crippen LogP contribution is -2.29. The summed E-state index contributed by atoms with van der Waals surface area (Å²) < 4.78 is 2.34. The molecule has 2 aromatic heterocycles. The van der Waals surface area contributed by atoms with Crippen molar-refractivity contribution >= 4 is 23.0 Å². The molecule has 166 valence electrons. The van der Waals surface area contributed by atoms with E-state index in [1.54, 1.807) is 0 Å². The Balaban J connectivity index is 1.69. The fourth-order valence-electron chi connectivity index (χ4n) is 4.98. The zero-order valence-corrected chi connectivity index (χ0v) is 20.2. The molecule has 3 heterocycles. The zero-order chi connectivity index (χ0) is 23.1. The summed E-state index contributed by atoms with van der Waals surface area (Å²) in [6.45, 7) is 8.63. The van der Waals surface area contributed by atoms with Crippen molar-refractivity contribution in [2.75, 3.05) is 4.90 Å². The molecule has 1 aliphatic rings. The van der Waals surface area contributed by atoms with E-state index in [2.05, 4.69) is 108 Å². The van der Waals surface area contributed by atoms with Gasteiger partial charge in [-0.05, 0) is 99.1 Å². The van der Waals surface area contributed by atoms with Crippen LogP contribution in [0, 0.1) is 27.7 Å². The van der Waals surface area contributed by atoms with Crippen molar-refractivity contribution < 1.29 is 0 Å². The minimum atomic E-state index is -0.0503. The Morgan fingerprint density at radius 3 is 2.18 bits per heavy atom. The van der Waals surface area contributed by atoms with Gasteiger partial charge in [0.25, 0.3) is 0 Å². The topological polar surface area (TPSA) is 33.1 Å². The van der Waals surface area contributed by atoms with Crippen molar-refractivity contribution in [3.05, 3.63) is 113 Å². The van der Waals surface area contributed by atoms with Crippen molar-refractivity contribution in [2.24, 2.45) is 0 Å². The molecular formula is C28H28N4S. The van der Waals surface area contributed by atoms with Gasteiger partial charge in [0.05, 0.1) is 17.8 Å². The molecule has 5 rings (SSSR count). The van der Waals surface area contributed by atoms with Crippen molar-refractivity contribution in [2.45, 2.75) is 39.8 Å². The molecule has 0 amide bonds. The molecule has 5 heteroatoms. The van der Waals surface area contributed by atoms with Gasteiger partial charge in [0, 0.05) is 29.0 Å². The molecule has 1 fully saturated rings. The maximum absolute atomic E-state index is 5.89. The number of hydrogen-bond acceptors (Lipinski definition) is 2. The first-order valence-corrected chi connectivity index (χ1v) is 11.7. The van der Waals surface area contributed by atoms with Gasteiger partial charge in [-0.3, -0.25) is 4.98 Å². The Morgan fingerprint density at radius 1 is 0.818 bits per heavy atom. The highest BCUT2D eigenvalue weighted by molar-refractivity contribution is 7.80. The minimum absolute atomic E-state index is 0.0149. The Labute approximate surface area is 200 Å². The summed E-state index contributed by atoms with van der Waals surface area (Å²) in [5.41, 5.74) is 9.39. The molecule has 2 atom stereocenters. The van der Waals surface area contributed by atoms with E-state index in [4.69, 9.17) is 12.2 Å². The van der Waals surface area contributed by atoms with Crippen LogP contribution in [-0.4, -0.2) is 14.7 Å². The van der Waals surface area contributed by atoms with E-state index in [-0.39, 0.29) is 12.1 Å². The van der Waals surface area contributed by atoms with E-state index in [1.165, 1.54) is 33.8 Å². The Kier molecular flexibility index (Phi) is 5.51. The van der Waals surface area contributed by atoms with Crippen LogP contribution in [0.1, 0.15) is 45.9 Å². The smallest absolute Gasteiger partial charge is 0.174 e. The summed E-state index contributed by atoms with van der Waals surface area (Å²) in [7, 11) is 0. The minimum Gasteiger partial charge on any atom is -0.351 e. The largest absolute Gasteiger partial charge is 0.351 e. The monoisotopic (exact) mass is 452 g/mol. The molecule has 0 spiro atoms. The molecule has 4 nitrogen and oxygen atoms in total. The maximum atomic E-state index is 5.89. The van der Waals surface area contributed by atoms with Crippen molar-refractivity contribution in [3.63, 3.8) is 0 Å². The van der Waals surface area contributed by atoms with Crippen LogP contribution in [0.5, 0.6) is 0 Å². The van der Waals surface area contributed by atoms with Crippen molar-refractivity contribution in [1.82, 2.24) is 14.9 Å². The van der Waals surface area contributed by atoms with E-state index >= 15 is 0 Å². The third-order valence-corrected chi connectivity index (χ3v) is 6.74. The van der Waals surface area contributed by atoms with Gasteiger partial charge >= 0.3 is 0 Å². The number of benzene rings is 2. The van der Waals surface area contributed by atoms with Gasteiger partial charge in [-0.15, -0.1) is 0 Å². The van der Waals surface area contributed by atoms with Gasteiger partial charge < -0.3 is 14.8 Å². The van der Waals surface area contributed by atoms with Crippen molar-refractivity contribution in [1.29, 1.82) is 0 Å². The number of thiocarbonyl (C=S) groups is 1. The average molecular weight is 453 g/mol. The van der Waals surface area contributed by atoms with Gasteiger partial charge in [0.15, 0.2) is 5.11 Å². The molecular weight excluding hydrogens is 424 g/mol. The average Bonchev–Trinajstić information content (AvgIpc) is 3.29. The summed E-state index contributed by atoms with van der Waals surface area (Å²) in [5.74, 6) is 0. The molecule has 1 saturated heterocycles. The number of aromatic nitrogens is 2. The third-order valence-electron chi connectivity index (χ3n) is 6.43. The highest BCUT2D eigenvalue weighted by Gasteiger charge is 2.42. The van der Waals surface area contributed by atoms with E-state index in [9.17, 15) is 0 Å². The first-order chi connectivity index (χ1) is 15.9. The second-order valence-electron chi connectivity index (χ2n) is 8.84. The maximum Gasteiger partial charge on any atom is 0.174 e. The quantitative estimate of drug-likeness (QED) is 0.369. The predicted octanol–water partition coefficient (Wildman–Crippen LogP) is 6.28. The second-order valence-corrected chi connectivity index (χ2v) is 9.22. The van der Waals surface area contributed by atoms with E-state index in [1.807, 2.05) is 18.3 Å². The fourth-order valence-corrected chi connectivity index (χ4v) is 5.32. The van der Waals surface area contributed by atoms with Gasteiger partial charge in [-0.25, -0.2) is 0 Å². The molecule has 1 N–H and O–H groups in total. The molecule has 0 aliphatic carbocycles. The third kappa shape index (κ3) is 3.83. The molecule has 0 unspecified atom stereocenters. The number of aryl methyl sites for hydroxylation is 3. The second kappa shape index (κ2) is 8.49. The summed E-state index contributed by atoms with van der Waals surface area (Å²) in [4.78, 5) is 6.94. The number of nitrogens with one attached hydrogen (secondary N) is 1. The van der Waals surface area contributed by atoms with Crippen LogP contribution in [0.25, 0.3) is 5.69 Å². The standard InChI is InChI=1S/C28H28N4S/c1-18-9-7-11-22(15-18)31-20(3)17-24(21(31)4)27-26(25-13-5-6-14-29-25)30-28(33)32(27)23-12-8-10-19(2)16-23/h5-17,26-27H,1-4H3,(H,30,33)/t26-,27-/m0/s1. The van der Waals surface area contributed by atoms with Crippen LogP contribution < -0.4 is 10.2 Å². The Hall–Kier alpha value is -3.44. The van der Waals surface area contributed by atoms with Crippen LogP contribution in [0.2, 0.25) is 0 Å². The molecule has 33 heavy (non-hydrogen) atoms. The number of nitrogens with zero attached hydrogens (tertiary/aromatic N) is 3. The van der Waals surface area contributed by atoms with Crippen LogP contribution in [0.3, 0.4) is 0 Å². The van der Waals surface area contributed by atoms with Gasteiger partial charge in [-0.2, -0.15) is 0 Å². The lowest BCUT2D eigenvalue weighted by Gasteiger charge is -2.28. The molecule has 0 bridgehead atoms. The number of rotatable bonds is 4. The summed E-state index contributed by atoms with van der Waals surface area (Å²) >= 11 is 5.89. The first-order valence-electron chi connectivity index (χ1n) is 11.3. The van der Waals surface area contributed by atoms with Gasteiger partial charge in [-0.1, -0.05) is 30.3 Å². The van der Waals surface area contributed by atoms with E-state index < -0.39 is 0 Å². The Morgan fingerprint density at radius 2 is 1.52 bits per heavy atom. The number of hydrogen-bond donors (Lipinski definition) is 1. The highest BCUT2D eigenvalue weighted by atomic mass is 32.1. The van der Waals surface area contributed by atoms with Gasteiger partial charge in [0.2, 0.25) is 0 Å². The lowest BCUT2D eigenvalue weighted by molar-refractivity contribution is 0.565. The summed E-state index contributed by atoms with van der Waals surface area (Å²) in [5, 5.41) is 4.30. The lowest BCUT2D eigenvalue weighted by atomic mass is 9.96. The van der Waals surface area contributed by atoms with Crippen LogP contribution in [-0.2, 0) is 0 Å². The molecule has 1 aliphatic heterocycles. The first kappa shape index (κ1) is 21.4. The SMILES string of the molecule is Cc1cccc(N2C(=S)N[C@@H](c3ccccn3)[C@@H]2c2cc(C)n(-c3cccc(C)c3)c2C)c1. The van der Waals surface area contributed by atoms with Crippen molar-refractivity contribution in [3.8, 4) is 5.69 Å². The number of anilines is 1. The Bertz CT molecular complexity index is 1320. The normalized spacial score (nSPS) is 17.9. The molecule has 0 radical (unpaired) electrons.